The Bertz CT molecular complexity index is 816. The summed E-state index contributed by atoms with van der Waals surface area (Å²) in [6, 6.07) is 1.98. The summed E-state index contributed by atoms with van der Waals surface area (Å²) in [7, 11) is 0. The third kappa shape index (κ3) is 3.01. The average Bonchev–Trinajstić information content (AvgIpc) is 3.29. The number of hydrogen-bond donors (Lipinski definition) is 0. The van der Waals surface area contributed by atoms with E-state index < -0.39 is 0 Å². The molecule has 1 aliphatic heterocycles. The molecular weight excluding hydrogens is 320 g/mol. The van der Waals surface area contributed by atoms with Gasteiger partial charge in [0.05, 0.1) is 16.4 Å². The molecule has 4 heterocycles. The molecule has 6 nitrogen and oxygen atoms in total. The van der Waals surface area contributed by atoms with E-state index in [0.29, 0.717) is 0 Å². The number of thiazole rings is 1. The van der Waals surface area contributed by atoms with Crippen LogP contribution >= 0.6 is 11.3 Å². The SMILES string of the molecule is Cc1nc(-c2nc(C)c3n2CCN(CCCn2cccn2)C3)cs1. The highest BCUT2D eigenvalue weighted by atomic mass is 32.1. The van der Waals surface area contributed by atoms with E-state index in [4.69, 9.17) is 4.98 Å². The van der Waals surface area contributed by atoms with Crippen molar-refractivity contribution in [2.24, 2.45) is 0 Å². The Balaban J connectivity index is 1.44. The van der Waals surface area contributed by atoms with Gasteiger partial charge in [-0.15, -0.1) is 11.3 Å². The average molecular weight is 342 g/mol. The lowest BCUT2D eigenvalue weighted by Crippen LogP contribution is -2.35. The topological polar surface area (TPSA) is 51.8 Å². The van der Waals surface area contributed by atoms with Gasteiger partial charge in [-0.25, -0.2) is 9.97 Å². The lowest BCUT2D eigenvalue weighted by atomic mass is 10.2. The number of nitrogens with zero attached hydrogens (tertiary/aromatic N) is 6. The Kier molecular flexibility index (Phi) is 4.20. The molecule has 126 valence electrons. The Morgan fingerprint density at radius 2 is 2.08 bits per heavy atom. The van der Waals surface area contributed by atoms with Gasteiger partial charge in [0.1, 0.15) is 5.69 Å². The lowest BCUT2D eigenvalue weighted by Gasteiger charge is -2.29. The molecule has 0 amide bonds. The van der Waals surface area contributed by atoms with Crippen LogP contribution in [0, 0.1) is 13.8 Å². The lowest BCUT2D eigenvalue weighted by molar-refractivity contribution is 0.214. The maximum atomic E-state index is 4.80. The minimum Gasteiger partial charge on any atom is -0.324 e. The highest BCUT2D eigenvalue weighted by molar-refractivity contribution is 7.09. The monoisotopic (exact) mass is 342 g/mol. The molecule has 0 N–H and O–H groups in total. The third-order valence-electron chi connectivity index (χ3n) is 4.55. The molecule has 0 saturated carbocycles. The first kappa shape index (κ1) is 15.5. The number of aryl methyl sites for hydroxylation is 3. The number of hydrogen-bond acceptors (Lipinski definition) is 5. The number of fused-ring (bicyclic) bond motifs is 1. The van der Waals surface area contributed by atoms with Gasteiger partial charge in [0.2, 0.25) is 0 Å². The van der Waals surface area contributed by atoms with Gasteiger partial charge in [0.15, 0.2) is 5.82 Å². The predicted octanol–water partition coefficient (Wildman–Crippen LogP) is 2.73. The first-order valence-corrected chi connectivity index (χ1v) is 9.27. The second kappa shape index (κ2) is 6.49. The van der Waals surface area contributed by atoms with E-state index in [1.54, 1.807) is 11.3 Å². The standard InChI is InChI=1S/C17H22N6S/c1-13-16-11-21(6-4-8-22-7-3-5-18-22)9-10-23(16)17(19-13)15-12-24-14(2)20-15/h3,5,7,12H,4,6,8-11H2,1-2H3. The highest BCUT2D eigenvalue weighted by Gasteiger charge is 2.23. The number of aromatic nitrogens is 5. The van der Waals surface area contributed by atoms with Gasteiger partial charge >= 0.3 is 0 Å². The van der Waals surface area contributed by atoms with E-state index in [-0.39, 0.29) is 0 Å². The highest BCUT2D eigenvalue weighted by Crippen LogP contribution is 2.27. The molecule has 4 rings (SSSR count). The van der Waals surface area contributed by atoms with Crippen molar-refractivity contribution in [2.45, 2.75) is 39.9 Å². The Labute approximate surface area is 145 Å². The van der Waals surface area contributed by atoms with E-state index in [2.05, 4.69) is 31.9 Å². The molecule has 3 aromatic rings. The predicted molar refractivity (Wildman–Crippen MR) is 94.9 cm³/mol. The molecule has 7 heteroatoms. The second-order valence-corrected chi connectivity index (χ2v) is 7.33. The summed E-state index contributed by atoms with van der Waals surface area (Å²) >= 11 is 1.69. The van der Waals surface area contributed by atoms with Crippen LogP contribution in [-0.4, -0.2) is 42.3 Å². The first-order valence-electron chi connectivity index (χ1n) is 8.39. The molecule has 0 unspecified atom stereocenters. The third-order valence-corrected chi connectivity index (χ3v) is 5.33. The van der Waals surface area contributed by atoms with Crippen LogP contribution < -0.4 is 0 Å². The van der Waals surface area contributed by atoms with Gasteiger partial charge in [-0.2, -0.15) is 5.10 Å². The molecule has 0 spiro atoms. The van der Waals surface area contributed by atoms with Crippen molar-refractivity contribution >= 4 is 11.3 Å². The molecule has 0 bridgehead atoms. The van der Waals surface area contributed by atoms with Crippen molar-refractivity contribution in [1.29, 1.82) is 0 Å². The van der Waals surface area contributed by atoms with Crippen molar-refractivity contribution < 1.29 is 0 Å². The Morgan fingerprint density at radius 3 is 2.83 bits per heavy atom. The largest absolute Gasteiger partial charge is 0.324 e. The second-order valence-electron chi connectivity index (χ2n) is 6.27. The van der Waals surface area contributed by atoms with Crippen molar-refractivity contribution in [2.75, 3.05) is 13.1 Å². The van der Waals surface area contributed by atoms with Gasteiger partial charge in [-0.1, -0.05) is 0 Å². The zero-order valence-corrected chi connectivity index (χ0v) is 15.0. The maximum Gasteiger partial charge on any atom is 0.160 e. The molecule has 1 aliphatic rings. The number of imidazole rings is 1. The summed E-state index contributed by atoms with van der Waals surface area (Å²) in [6.45, 7) is 9.26. The quantitative estimate of drug-likeness (QED) is 0.715. The van der Waals surface area contributed by atoms with Crippen molar-refractivity contribution in [1.82, 2.24) is 29.2 Å². The first-order chi connectivity index (χ1) is 11.7. The normalized spacial score (nSPS) is 14.9. The Hall–Kier alpha value is -1.99. The van der Waals surface area contributed by atoms with Crippen LogP contribution in [0.3, 0.4) is 0 Å². The van der Waals surface area contributed by atoms with Crippen LogP contribution in [0.25, 0.3) is 11.5 Å². The summed E-state index contributed by atoms with van der Waals surface area (Å²) in [5.41, 5.74) is 3.48. The van der Waals surface area contributed by atoms with Crippen molar-refractivity contribution in [3.05, 3.63) is 40.2 Å². The van der Waals surface area contributed by atoms with Crippen LogP contribution in [0.4, 0.5) is 0 Å². The summed E-state index contributed by atoms with van der Waals surface area (Å²) in [5, 5.41) is 7.47. The molecule has 0 saturated heterocycles. The van der Waals surface area contributed by atoms with Gasteiger partial charge in [0, 0.05) is 50.5 Å². The molecule has 0 radical (unpaired) electrons. The van der Waals surface area contributed by atoms with Gasteiger partial charge in [-0.05, 0) is 26.3 Å². The fraction of sp³-hybridized carbons (Fsp3) is 0.471. The summed E-state index contributed by atoms with van der Waals surface area (Å²) in [4.78, 5) is 11.9. The van der Waals surface area contributed by atoms with Crippen molar-refractivity contribution in [3.63, 3.8) is 0 Å². The fourth-order valence-electron chi connectivity index (χ4n) is 3.32. The van der Waals surface area contributed by atoms with Crippen LogP contribution in [-0.2, 0) is 19.6 Å². The molecule has 24 heavy (non-hydrogen) atoms. The zero-order valence-electron chi connectivity index (χ0n) is 14.1. The summed E-state index contributed by atoms with van der Waals surface area (Å²) < 4.78 is 4.36. The smallest absolute Gasteiger partial charge is 0.160 e. The minimum absolute atomic E-state index is 0.973. The van der Waals surface area contributed by atoms with Crippen LogP contribution in [0.2, 0.25) is 0 Å². The molecule has 0 atom stereocenters. The summed E-state index contributed by atoms with van der Waals surface area (Å²) in [5.74, 6) is 1.03. The number of rotatable bonds is 5. The van der Waals surface area contributed by atoms with Crippen LogP contribution in [0.5, 0.6) is 0 Å². The Morgan fingerprint density at radius 1 is 1.17 bits per heavy atom. The van der Waals surface area contributed by atoms with E-state index in [1.807, 2.05) is 30.1 Å². The molecule has 3 aromatic heterocycles. The van der Waals surface area contributed by atoms with Crippen LogP contribution in [0.15, 0.2) is 23.8 Å². The molecule has 0 aliphatic carbocycles. The minimum atomic E-state index is 0.973. The van der Waals surface area contributed by atoms with Crippen LogP contribution in [0.1, 0.15) is 22.8 Å². The maximum absolute atomic E-state index is 4.80. The van der Waals surface area contributed by atoms with Gasteiger partial charge < -0.3 is 4.57 Å². The van der Waals surface area contributed by atoms with E-state index >= 15 is 0 Å². The van der Waals surface area contributed by atoms with Gasteiger partial charge in [0.25, 0.3) is 0 Å². The van der Waals surface area contributed by atoms with E-state index in [1.165, 1.54) is 5.69 Å². The van der Waals surface area contributed by atoms with Gasteiger partial charge in [-0.3, -0.25) is 9.58 Å². The van der Waals surface area contributed by atoms with E-state index in [0.717, 1.165) is 61.4 Å². The zero-order chi connectivity index (χ0) is 16.5. The van der Waals surface area contributed by atoms with E-state index in [9.17, 15) is 0 Å². The molecular formula is C17H22N6S. The fourth-order valence-corrected chi connectivity index (χ4v) is 3.91. The molecule has 0 fully saturated rings. The molecule has 0 aromatic carbocycles. The summed E-state index contributed by atoms with van der Waals surface area (Å²) in [6.07, 6.45) is 4.98. The van der Waals surface area contributed by atoms with Crippen molar-refractivity contribution in [3.8, 4) is 11.5 Å².